The summed E-state index contributed by atoms with van der Waals surface area (Å²) in [6, 6.07) is 6.13. The molecule has 0 spiro atoms. The standard InChI is InChI=1S/C15H19BrClN3/c1-4-20-14(15(17)10(3)19-20)8-13(18)11-6-5-9(2)12(16)7-11/h5-7,13H,4,8,18H2,1-3H3. The highest BCUT2D eigenvalue weighted by atomic mass is 79.9. The number of benzene rings is 1. The third-order valence-corrected chi connectivity index (χ3v) is 4.84. The molecule has 3 nitrogen and oxygen atoms in total. The van der Waals surface area contributed by atoms with Crippen LogP contribution < -0.4 is 5.73 Å². The van der Waals surface area contributed by atoms with Crippen LogP contribution in [-0.2, 0) is 13.0 Å². The van der Waals surface area contributed by atoms with Gasteiger partial charge < -0.3 is 5.73 Å². The van der Waals surface area contributed by atoms with Crippen LogP contribution in [0.25, 0.3) is 0 Å². The molecule has 0 amide bonds. The van der Waals surface area contributed by atoms with Gasteiger partial charge in [0.2, 0.25) is 0 Å². The number of nitrogens with two attached hydrogens (primary N) is 1. The molecule has 1 aromatic heterocycles. The van der Waals surface area contributed by atoms with Gasteiger partial charge in [-0.05, 0) is 38.0 Å². The van der Waals surface area contributed by atoms with E-state index >= 15 is 0 Å². The minimum Gasteiger partial charge on any atom is -0.324 e. The number of hydrogen-bond donors (Lipinski definition) is 1. The van der Waals surface area contributed by atoms with Crippen LogP contribution in [0.5, 0.6) is 0 Å². The second-order valence-electron chi connectivity index (χ2n) is 4.98. The summed E-state index contributed by atoms with van der Waals surface area (Å²) >= 11 is 9.88. The maximum atomic E-state index is 6.33. The normalized spacial score (nSPS) is 12.7. The van der Waals surface area contributed by atoms with E-state index in [0.29, 0.717) is 6.42 Å². The molecule has 20 heavy (non-hydrogen) atoms. The molecular weight excluding hydrogens is 338 g/mol. The SMILES string of the molecule is CCn1nc(C)c(Cl)c1CC(N)c1ccc(C)c(Br)c1. The zero-order valence-electron chi connectivity index (χ0n) is 12.0. The Hall–Kier alpha value is -0.840. The molecule has 0 aliphatic heterocycles. The first-order valence-corrected chi connectivity index (χ1v) is 7.84. The Morgan fingerprint density at radius 1 is 1.40 bits per heavy atom. The highest BCUT2D eigenvalue weighted by Gasteiger charge is 2.17. The minimum atomic E-state index is -0.0919. The van der Waals surface area contributed by atoms with Gasteiger partial charge in [-0.2, -0.15) is 5.10 Å². The smallest absolute Gasteiger partial charge is 0.0847 e. The zero-order chi connectivity index (χ0) is 14.9. The van der Waals surface area contributed by atoms with Gasteiger partial charge >= 0.3 is 0 Å². The van der Waals surface area contributed by atoms with Crippen LogP contribution in [0.15, 0.2) is 22.7 Å². The summed E-state index contributed by atoms with van der Waals surface area (Å²) < 4.78 is 3.01. The molecular formula is C15H19BrClN3. The van der Waals surface area contributed by atoms with Gasteiger partial charge in [0, 0.05) is 23.5 Å². The maximum Gasteiger partial charge on any atom is 0.0847 e. The van der Waals surface area contributed by atoms with Gasteiger partial charge in [-0.3, -0.25) is 4.68 Å². The van der Waals surface area contributed by atoms with Gasteiger partial charge in [-0.25, -0.2) is 0 Å². The maximum absolute atomic E-state index is 6.33. The lowest BCUT2D eigenvalue weighted by Crippen LogP contribution is -2.16. The summed E-state index contributed by atoms with van der Waals surface area (Å²) in [6.45, 7) is 6.84. The van der Waals surface area contributed by atoms with Gasteiger partial charge in [0.05, 0.1) is 16.4 Å². The summed E-state index contributed by atoms with van der Waals surface area (Å²) in [7, 11) is 0. The van der Waals surface area contributed by atoms with Gasteiger partial charge in [-0.1, -0.05) is 39.7 Å². The second kappa shape index (κ2) is 6.29. The summed E-state index contributed by atoms with van der Waals surface area (Å²) in [4.78, 5) is 0. The van der Waals surface area contributed by atoms with Crippen molar-refractivity contribution in [1.82, 2.24) is 9.78 Å². The van der Waals surface area contributed by atoms with Gasteiger partial charge in [0.25, 0.3) is 0 Å². The van der Waals surface area contributed by atoms with Crippen molar-refractivity contribution in [1.29, 1.82) is 0 Å². The lowest BCUT2D eigenvalue weighted by Gasteiger charge is -2.14. The van der Waals surface area contributed by atoms with Crippen LogP contribution in [0.3, 0.4) is 0 Å². The number of nitrogens with zero attached hydrogens (tertiary/aromatic N) is 2. The second-order valence-corrected chi connectivity index (χ2v) is 6.21. The third kappa shape index (κ3) is 3.08. The Morgan fingerprint density at radius 3 is 2.70 bits per heavy atom. The molecule has 1 atom stereocenters. The van der Waals surface area contributed by atoms with E-state index < -0.39 is 0 Å². The molecule has 0 fully saturated rings. The quantitative estimate of drug-likeness (QED) is 0.893. The topological polar surface area (TPSA) is 43.8 Å². The van der Waals surface area contributed by atoms with Crippen molar-refractivity contribution < 1.29 is 0 Å². The van der Waals surface area contributed by atoms with E-state index in [0.717, 1.165) is 33.0 Å². The highest BCUT2D eigenvalue weighted by molar-refractivity contribution is 9.10. The molecule has 0 bridgehead atoms. The van der Waals surface area contributed by atoms with Crippen LogP contribution in [-0.4, -0.2) is 9.78 Å². The number of rotatable bonds is 4. The van der Waals surface area contributed by atoms with Gasteiger partial charge in [-0.15, -0.1) is 0 Å². The molecule has 2 N–H and O–H groups in total. The fourth-order valence-corrected chi connectivity index (χ4v) is 2.84. The Morgan fingerprint density at radius 2 is 2.10 bits per heavy atom. The summed E-state index contributed by atoms with van der Waals surface area (Å²) in [6.07, 6.45) is 0.684. The van der Waals surface area contributed by atoms with E-state index in [1.54, 1.807) is 0 Å². The van der Waals surface area contributed by atoms with Crippen molar-refractivity contribution >= 4 is 27.5 Å². The first kappa shape index (κ1) is 15.5. The van der Waals surface area contributed by atoms with Gasteiger partial charge in [0.15, 0.2) is 0 Å². The zero-order valence-corrected chi connectivity index (χ0v) is 14.3. The molecule has 0 aliphatic rings. The number of hydrogen-bond acceptors (Lipinski definition) is 2. The first-order valence-electron chi connectivity index (χ1n) is 6.67. The van der Waals surface area contributed by atoms with Crippen molar-refractivity contribution in [2.45, 2.75) is 39.8 Å². The summed E-state index contributed by atoms with van der Waals surface area (Å²) in [5.41, 5.74) is 10.5. The molecule has 0 aliphatic carbocycles. The molecule has 1 heterocycles. The minimum absolute atomic E-state index is 0.0919. The third-order valence-electron chi connectivity index (χ3n) is 3.49. The van der Waals surface area contributed by atoms with E-state index in [9.17, 15) is 0 Å². The lowest BCUT2D eigenvalue weighted by molar-refractivity contribution is 0.587. The van der Waals surface area contributed by atoms with Crippen LogP contribution in [0.1, 0.15) is 35.5 Å². The van der Waals surface area contributed by atoms with Crippen LogP contribution >= 0.6 is 27.5 Å². The molecule has 5 heteroatoms. The Kier molecular flexibility index (Phi) is 4.89. The van der Waals surface area contributed by atoms with E-state index in [4.69, 9.17) is 17.3 Å². The monoisotopic (exact) mass is 355 g/mol. The van der Waals surface area contributed by atoms with Crippen molar-refractivity contribution in [2.75, 3.05) is 0 Å². The molecule has 0 saturated carbocycles. The van der Waals surface area contributed by atoms with Crippen molar-refractivity contribution in [2.24, 2.45) is 5.73 Å². The largest absolute Gasteiger partial charge is 0.324 e. The molecule has 0 radical (unpaired) electrons. The van der Waals surface area contributed by atoms with E-state index in [1.807, 2.05) is 11.6 Å². The molecule has 2 rings (SSSR count). The van der Waals surface area contributed by atoms with E-state index in [-0.39, 0.29) is 6.04 Å². The van der Waals surface area contributed by atoms with Crippen molar-refractivity contribution in [3.8, 4) is 0 Å². The summed E-state index contributed by atoms with van der Waals surface area (Å²) in [5.74, 6) is 0. The molecule has 1 unspecified atom stereocenters. The summed E-state index contributed by atoms with van der Waals surface area (Å²) in [5, 5.41) is 5.16. The average Bonchev–Trinajstić information content (AvgIpc) is 2.69. The fourth-order valence-electron chi connectivity index (χ4n) is 2.23. The van der Waals surface area contributed by atoms with Crippen LogP contribution in [0, 0.1) is 13.8 Å². The van der Waals surface area contributed by atoms with Crippen LogP contribution in [0.4, 0.5) is 0 Å². The predicted molar refractivity (Wildman–Crippen MR) is 87.2 cm³/mol. The Bertz CT molecular complexity index is 622. The van der Waals surface area contributed by atoms with E-state index in [1.165, 1.54) is 5.56 Å². The number of halogens is 2. The molecule has 0 saturated heterocycles. The van der Waals surface area contributed by atoms with E-state index in [2.05, 4.69) is 53.1 Å². The van der Waals surface area contributed by atoms with Crippen LogP contribution in [0.2, 0.25) is 5.02 Å². The molecule has 108 valence electrons. The fraction of sp³-hybridized carbons (Fsp3) is 0.400. The van der Waals surface area contributed by atoms with Crippen molar-refractivity contribution in [3.05, 3.63) is 50.2 Å². The van der Waals surface area contributed by atoms with Crippen molar-refractivity contribution in [3.63, 3.8) is 0 Å². The molecule has 2 aromatic rings. The lowest BCUT2D eigenvalue weighted by atomic mass is 10.0. The highest BCUT2D eigenvalue weighted by Crippen LogP contribution is 2.27. The van der Waals surface area contributed by atoms with Gasteiger partial charge in [0.1, 0.15) is 0 Å². The predicted octanol–water partition coefficient (Wildman–Crippen LogP) is 4.18. The number of aromatic nitrogens is 2. The average molecular weight is 357 g/mol. The Labute approximate surface area is 133 Å². The molecule has 1 aromatic carbocycles. The Balaban J connectivity index is 2.27. The number of aryl methyl sites for hydroxylation is 3. The first-order chi connectivity index (χ1) is 9.43.